The highest BCUT2D eigenvalue weighted by molar-refractivity contribution is 8.00. The van der Waals surface area contributed by atoms with Crippen LogP contribution >= 0.6 is 11.8 Å². The maximum absolute atomic E-state index is 11.4. The minimum Gasteiger partial charge on any atom is -0.462 e. The van der Waals surface area contributed by atoms with Gasteiger partial charge in [-0.25, -0.2) is 9.97 Å². The highest BCUT2D eigenvalue weighted by Crippen LogP contribution is 2.30. The van der Waals surface area contributed by atoms with E-state index < -0.39 is 0 Å². The first kappa shape index (κ1) is 11.7. The number of aromatic nitrogens is 2. The Morgan fingerprint density at radius 1 is 1.71 bits per heavy atom. The molecule has 0 spiro atoms. The molecule has 1 aliphatic heterocycles. The lowest BCUT2D eigenvalue weighted by atomic mass is 10.3. The van der Waals surface area contributed by atoms with Gasteiger partial charge in [0, 0.05) is 6.42 Å². The maximum Gasteiger partial charge on any atom is 0.319 e. The second-order valence-corrected chi connectivity index (χ2v) is 4.82. The molecule has 2 N–H and O–H groups in total. The minimum atomic E-state index is -0.294. The Balaban J connectivity index is 2.12. The molecule has 7 heteroatoms. The number of nitrogen functional groups attached to an aromatic ring is 1. The molecule has 17 heavy (non-hydrogen) atoms. The van der Waals surface area contributed by atoms with Crippen molar-refractivity contribution in [3.8, 4) is 6.07 Å². The van der Waals surface area contributed by atoms with Gasteiger partial charge in [0.15, 0.2) is 5.16 Å². The van der Waals surface area contributed by atoms with Gasteiger partial charge in [-0.3, -0.25) is 4.79 Å². The number of carbonyl (C=O) groups excluding carboxylic acids is 1. The van der Waals surface area contributed by atoms with Gasteiger partial charge in [-0.05, 0) is 6.92 Å². The first-order valence-corrected chi connectivity index (χ1v) is 5.88. The molecule has 1 saturated heterocycles. The van der Waals surface area contributed by atoms with Crippen LogP contribution in [0.1, 0.15) is 18.9 Å². The fourth-order valence-corrected chi connectivity index (χ4v) is 2.50. The van der Waals surface area contributed by atoms with E-state index in [9.17, 15) is 4.79 Å². The summed E-state index contributed by atoms with van der Waals surface area (Å²) in [6.07, 6.45) is 1.91. The van der Waals surface area contributed by atoms with Gasteiger partial charge in [-0.1, -0.05) is 11.8 Å². The second kappa shape index (κ2) is 4.59. The van der Waals surface area contributed by atoms with Gasteiger partial charge in [0.05, 0.1) is 6.20 Å². The average Bonchev–Trinajstić information content (AvgIpc) is 2.58. The Kier molecular flexibility index (Phi) is 3.15. The third-order valence-corrected chi connectivity index (χ3v) is 3.37. The van der Waals surface area contributed by atoms with Gasteiger partial charge in [0.1, 0.15) is 28.8 Å². The zero-order valence-electron chi connectivity index (χ0n) is 9.08. The van der Waals surface area contributed by atoms with Crippen molar-refractivity contribution in [3.63, 3.8) is 0 Å². The summed E-state index contributed by atoms with van der Waals surface area (Å²) in [7, 11) is 0. The summed E-state index contributed by atoms with van der Waals surface area (Å²) in [5.74, 6) is -0.126. The van der Waals surface area contributed by atoms with Crippen molar-refractivity contribution >= 4 is 23.5 Å². The number of esters is 1. The number of anilines is 1. The minimum absolute atomic E-state index is 0.0734. The molecular formula is C10H10N4O2S. The molecule has 1 aromatic rings. The van der Waals surface area contributed by atoms with Crippen LogP contribution in [0.15, 0.2) is 11.4 Å². The highest BCUT2D eigenvalue weighted by Gasteiger charge is 2.33. The molecule has 1 fully saturated rings. The molecule has 1 aliphatic rings. The van der Waals surface area contributed by atoms with Crippen molar-refractivity contribution in [2.75, 3.05) is 5.73 Å². The molecule has 1 aromatic heterocycles. The predicted octanol–water partition coefficient (Wildman–Crippen LogP) is 0.727. The van der Waals surface area contributed by atoms with Gasteiger partial charge < -0.3 is 10.5 Å². The normalized spacial score (nSPS) is 23.2. The van der Waals surface area contributed by atoms with Gasteiger partial charge in [-0.2, -0.15) is 5.26 Å². The fraction of sp³-hybridized carbons (Fsp3) is 0.400. The Hall–Kier alpha value is -1.81. The van der Waals surface area contributed by atoms with E-state index >= 15 is 0 Å². The summed E-state index contributed by atoms with van der Waals surface area (Å²) < 4.78 is 5.02. The number of nitrogens with two attached hydrogens (primary N) is 1. The number of hydrogen-bond donors (Lipinski definition) is 1. The van der Waals surface area contributed by atoms with E-state index in [0.29, 0.717) is 11.6 Å². The molecule has 2 heterocycles. The number of nitriles is 1. The molecule has 0 bridgehead atoms. The topological polar surface area (TPSA) is 102 Å². The zero-order chi connectivity index (χ0) is 12.4. The smallest absolute Gasteiger partial charge is 0.319 e. The largest absolute Gasteiger partial charge is 0.462 e. The number of cyclic esters (lactones) is 1. The molecule has 2 rings (SSSR count). The number of nitrogens with zero attached hydrogens (tertiary/aromatic N) is 3. The lowest BCUT2D eigenvalue weighted by Gasteiger charge is -2.04. The number of ether oxygens (including phenoxy) is 1. The van der Waals surface area contributed by atoms with Crippen LogP contribution in [-0.4, -0.2) is 27.3 Å². The van der Waals surface area contributed by atoms with Crippen LogP contribution < -0.4 is 5.73 Å². The second-order valence-electron chi connectivity index (χ2n) is 3.65. The van der Waals surface area contributed by atoms with Crippen LogP contribution in [-0.2, 0) is 9.53 Å². The van der Waals surface area contributed by atoms with Gasteiger partial charge >= 0.3 is 5.97 Å². The quantitative estimate of drug-likeness (QED) is 0.609. The maximum atomic E-state index is 11.4. The number of rotatable bonds is 2. The number of hydrogen-bond acceptors (Lipinski definition) is 7. The fourth-order valence-electron chi connectivity index (χ4n) is 1.46. The SMILES string of the molecule is CC1CC(Sc2ncc(C#N)c(N)n2)C(=O)O1. The summed E-state index contributed by atoms with van der Waals surface area (Å²) in [6.45, 7) is 1.84. The van der Waals surface area contributed by atoms with Crippen molar-refractivity contribution in [3.05, 3.63) is 11.8 Å². The van der Waals surface area contributed by atoms with Crippen molar-refractivity contribution in [2.24, 2.45) is 0 Å². The van der Waals surface area contributed by atoms with Crippen LogP contribution in [0.3, 0.4) is 0 Å². The van der Waals surface area contributed by atoms with Crippen molar-refractivity contribution in [1.29, 1.82) is 5.26 Å². The highest BCUT2D eigenvalue weighted by atomic mass is 32.2. The van der Waals surface area contributed by atoms with E-state index in [-0.39, 0.29) is 28.7 Å². The third-order valence-electron chi connectivity index (χ3n) is 2.29. The first-order chi connectivity index (χ1) is 8.10. The van der Waals surface area contributed by atoms with Gasteiger partial charge in [0.25, 0.3) is 0 Å². The van der Waals surface area contributed by atoms with E-state index in [2.05, 4.69) is 9.97 Å². The molecule has 6 nitrogen and oxygen atoms in total. The predicted molar refractivity (Wildman–Crippen MR) is 61.0 cm³/mol. The van der Waals surface area contributed by atoms with Crippen LogP contribution in [0.4, 0.5) is 5.82 Å². The van der Waals surface area contributed by atoms with Crippen LogP contribution in [0, 0.1) is 11.3 Å². The molecule has 0 aromatic carbocycles. The number of carbonyl (C=O) groups is 1. The Bertz CT molecular complexity index is 500. The van der Waals surface area contributed by atoms with E-state index in [1.807, 2.05) is 13.0 Å². The van der Waals surface area contributed by atoms with Crippen LogP contribution in [0.2, 0.25) is 0 Å². The summed E-state index contributed by atoms with van der Waals surface area (Å²) in [5.41, 5.74) is 5.80. The average molecular weight is 250 g/mol. The first-order valence-electron chi connectivity index (χ1n) is 5.00. The summed E-state index contributed by atoms with van der Waals surface area (Å²) in [4.78, 5) is 19.4. The summed E-state index contributed by atoms with van der Waals surface area (Å²) in [6, 6.07) is 1.88. The molecule has 0 radical (unpaired) electrons. The van der Waals surface area contributed by atoms with Crippen LogP contribution in [0.5, 0.6) is 0 Å². The standard InChI is InChI=1S/C10H10N4O2S/c1-5-2-7(9(15)16-5)17-10-13-4-6(3-11)8(12)14-10/h4-5,7H,2H2,1H3,(H2,12,13,14). The number of thioether (sulfide) groups is 1. The summed E-state index contributed by atoms with van der Waals surface area (Å²) in [5, 5.41) is 8.77. The Morgan fingerprint density at radius 3 is 3.00 bits per heavy atom. The molecule has 0 aliphatic carbocycles. The van der Waals surface area contributed by atoms with Crippen molar-refractivity contribution in [2.45, 2.75) is 29.9 Å². The molecular weight excluding hydrogens is 240 g/mol. The molecule has 2 unspecified atom stereocenters. The van der Waals surface area contributed by atoms with E-state index in [0.717, 1.165) is 0 Å². The summed E-state index contributed by atoms with van der Waals surface area (Å²) >= 11 is 1.21. The van der Waals surface area contributed by atoms with E-state index in [4.69, 9.17) is 15.7 Å². The van der Waals surface area contributed by atoms with Gasteiger partial charge in [-0.15, -0.1) is 0 Å². The third kappa shape index (κ3) is 2.47. The van der Waals surface area contributed by atoms with E-state index in [1.165, 1.54) is 18.0 Å². The Morgan fingerprint density at radius 2 is 2.47 bits per heavy atom. The molecule has 0 saturated carbocycles. The van der Waals surface area contributed by atoms with Crippen molar-refractivity contribution < 1.29 is 9.53 Å². The van der Waals surface area contributed by atoms with Crippen LogP contribution in [0.25, 0.3) is 0 Å². The van der Waals surface area contributed by atoms with E-state index in [1.54, 1.807) is 0 Å². The Labute approximate surface area is 102 Å². The zero-order valence-corrected chi connectivity index (χ0v) is 9.90. The molecule has 2 atom stereocenters. The van der Waals surface area contributed by atoms with Crippen molar-refractivity contribution in [1.82, 2.24) is 9.97 Å². The molecule has 88 valence electrons. The lowest BCUT2D eigenvalue weighted by molar-refractivity contribution is -0.140. The lowest BCUT2D eigenvalue weighted by Crippen LogP contribution is -2.10. The molecule has 0 amide bonds. The monoisotopic (exact) mass is 250 g/mol. The van der Waals surface area contributed by atoms with Gasteiger partial charge in [0.2, 0.25) is 0 Å².